The van der Waals surface area contributed by atoms with E-state index < -0.39 is 0 Å². The molecule has 0 saturated carbocycles. The van der Waals surface area contributed by atoms with Crippen molar-refractivity contribution in [1.29, 1.82) is 0 Å². The van der Waals surface area contributed by atoms with E-state index in [9.17, 15) is 4.79 Å². The smallest absolute Gasteiger partial charge is 0.279 e. The van der Waals surface area contributed by atoms with Gasteiger partial charge < -0.3 is 0 Å². The fourth-order valence-electron chi connectivity index (χ4n) is 1.72. The molecule has 1 aromatic heterocycles. The minimum Gasteiger partial charge on any atom is -0.279 e. The second kappa shape index (κ2) is 5.19. The standard InChI is InChI=1S/C12H14ClN3O/c1-2-7-16-11(14-15-12(16)17)8-9-3-5-10(13)6-4-9/h3-6H,2,7-8H2,1H3,(H,15,17). The van der Waals surface area contributed by atoms with Gasteiger partial charge in [-0.05, 0) is 24.1 Å². The van der Waals surface area contributed by atoms with Gasteiger partial charge in [-0.15, -0.1) is 0 Å². The molecule has 0 spiro atoms. The van der Waals surface area contributed by atoms with E-state index in [0.717, 1.165) is 17.8 Å². The van der Waals surface area contributed by atoms with E-state index in [-0.39, 0.29) is 5.69 Å². The lowest BCUT2D eigenvalue weighted by Crippen LogP contribution is -2.18. The first-order chi connectivity index (χ1) is 8.20. The third-order valence-corrected chi connectivity index (χ3v) is 2.81. The number of nitrogens with one attached hydrogen (secondary N) is 1. The average Bonchev–Trinajstić information content (AvgIpc) is 2.65. The van der Waals surface area contributed by atoms with Crippen LogP contribution >= 0.6 is 11.6 Å². The largest absolute Gasteiger partial charge is 0.343 e. The number of nitrogens with zero attached hydrogens (tertiary/aromatic N) is 2. The van der Waals surface area contributed by atoms with Crippen LogP contribution in [0.2, 0.25) is 5.02 Å². The molecule has 0 atom stereocenters. The van der Waals surface area contributed by atoms with Gasteiger partial charge in [-0.2, -0.15) is 5.10 Å². The van der Waals surface area contributed by atoms with Crippen LogP contribution in [0.25, 0.3) is 0 Å². The molecule has 2 rings (SSSR count). The zero-order chi connectivity index (χ0) is 12.3. The monoisotopic (exact) mass is 251 g/mol. The Balaban J connectivity index is 2.23. The number of aromatic nitrogens is 3. The van der Waals surface area contributed by atoms with Crippen molar-refractivity contribution in [2.45, 2.75) is 26.3 Å². The molecule has 0 aliphatic rings. The van der Waals surface area contributed by atoms with Gasteiger partial charge in [0.2, 0.25) is 0 Å². The Kier molecular flexibility index (Phi) is 3.64. The van der Waals surface area contributed by atoms with Crippen molar-refractivity contribution < 1.29 is 0 Å². The molecule has 0 unspecified atom stereocenters. The summed E-state index contributed by atoms with van der Waals surface area (Å²) in [6.45, 7) is 2.73. The molecule has 1 heterocycles. The molecule has 0 amide bonds. The highest BCUT2D eigenvalue weighted by Crippen LogP contribution is 2.12. The molecule has 1 aromatic carbocycles. The van der Waals surface area contributed by atoms with Gasteiger partial charge in [-0.3, -0.25) is 4.57 Å². The maximum atomic E-state index is 11.5. The van der Waals surface area contributed by atoms with Crippen LogP contribution < -0.4 is 5.69 Å². The molecule has 0 saturated heterocycles. The van der Waals surface area contributed by atoms with E-state index in [4.69, 9.17) is 11.6 Å². The summed E-state index contributed by atoms with van der Waals surface area (Å²) in [5.74, 6) is 0.763. The van der Waals surface area contributed by atoms with Crippen molar-refractivity contribution in [2.24, 2.45) is 0 Å². The van der Waals surface area contributed by atoms with E-state index in [1.807, 2.05) is 31.2 Å². The SMILES string of the molecule is CCCn1c(Cc2ccc(Cl)cc2)n[nH]c1=O. The van der Waals surface area contributed by atoms with Crippen molar-refractivity contribution in [3.63, 3.8) is 0 Å². The molecular weight excluding hydrogens is 238 g/mol. The first-order valence-electron chi connectivity index (χ1n) is 5.59. The number of aromatic amines is 1. The van der Waals surface area contributed by atoms with Crippen molar-refractivity contribution in [3.8, 4) is 0 Å². The number of hydrogen-bond donors (Lipinski definition) is 1. The zero-order valence-electron chi connectivity index (χ0n) is 9.61. The summed E-state index contributed by atoms with van der Waals surface area (Å²) in [7, 11) is 0. The second-order valence-corrected chi connectivity index (χ2v) is 4.34. The summed E-state index contributed by atoms with van der Waals surface area (Å²) < 4.78 is 1.68. The molecule has 0 bridgehead atoms. The number of rotatable bonds is 4. The van der Waals surface area contributed by atoms with Crippen LogP contribution in [-0.4, -0.2) is 14.8 Å². The summed E-state index contributed by atoms with van der Waals surface area (Å²) in [5, 5.41) is 7.24. The van der Waals surface area contributed by atoms with Crippen LogP contribution in [0.4, 0.5) is 0 Å². The highest BCUT2D eigenvalue weighted by molar-refractivity contribution is 6.30. The minimum absolute atomic E-state index is 0.143. The molecule has 0 fully saturated rings. The van der Waals surface area contributed by atoms with Crippen LogP contribution in [0.1, 0.15) is 24.7 Å². The summed E-state index contributed by atoms with van der Waals surface area (Å²) in [6.07, 6.45) is 1.54. The Bertz CT molecular complexity index is 542. The third-order valence-electron chi connectivity index (χ3n) is 2.56. The van der Waals surface area contributed by atoms with E-state index >= 15 is 0 Å². The van der Waals surface area contributed by atoms with Gasteiger partial charge in [-0.25, -0.2) is 9.89 Å². The molecule has 17 heavy (non-hydrogen) atoms. The first-order valence-corrected chi connectivity index (χ1v) is 5.97. The van der Waals surface area contributed by atoms with Gasteiger partial charge in [0.1, 0.15) is 5.82 Å². The Morgan fingerprint density at radius 3 is 2.71 bits per heavy atom. The summed E-state index contributed by atoms with van der Waals surface area (Å²) >= 11 is 5.82. The lowest BCUT2D eigenvalue weighted by atomic mass is 10.1. The van der Waals surface area contributed by atoms with Gasteiger partial charge in [0, 0.05) is 18.0 Å². The summed E-state index contributed by atoms with van der Waals surface area (Å²) in [6, 6.07) is 7.56. The second-order valence-electron chi connectivity index (χ2n) is 3.90. The Morgan fingerprint density at radius 2 is 2.06 bits per heavy atom. The van der Waals surface area contributed by atoms with E-state index in [2.05, 4.69) is 10.2 Å². The molecule has 5 heteroatoms. The van der Waals surface area contributed by atoms with Crippen LogP contribution in [-0.2, 0) is 13.0 Å². The highest BCUT2D eigenvalue weighted by Gasteiger charge is 2.07. The number of benzene rings is 1. The maximum Gasteiger partial charge on any atom is 0.343 e. The fourth-order valence-corrected chi connectivity index (χ4v) is 1.85. The van der Waals surface area contributed by atoms with Crippen molar-refractivity contribution in [3.05, 3.63) is 51.2 Å². The van der Waals surface area contributed by atoms with Crippen LogP contribution in [0.3, 0.4) is 0 Å². The lowest BCUT2D eigenvalue weighted by Gasteiger charge is -2.04. The Labute approximate surface area is 104 Å². The van der Waals surface area contributed by atoms with E-state index in [1.54, 1.807) is 4.57 Å². The predicted octanol–water partition coefficient (Wildman–Crippen LogP) is 2.23. The van der Waals surface area contributed by atoms with Gasteiger partial charge in [0.25, 0.3) is 0 Å². The fraction of sp³-hybridized carbons (Fsp3) is 0.333. The summed E-state index contributed by atoms with van der Waals surface area (Å²) in [5.41, 5.74) is 0.946. The molecule has 1 N–H and O–H groups in total. The van der Waals surface area contributed by atoms with Crippen molar-refractivity contribution in [2.75, 3.05) is 0 Å². The Morgan fingerprint density at radius 1 is 1.35 bits per heavy atom. The minimum atomic E-state index is -0.143. The van der Waals surface area contributed by atoms with Crippen molar-refractivity contribution in [1.82, 2.24) is 14.8 Å². The molecule has 0 aliphatic heterocycles. The first kappa shape index (κ1) is 11.9. The zero-order valence-corrected chi connectivity index (χ0v) is 10.4. The molecular formula is C12H14ClN3O. The van der Waals surface area contributed by atoms with Crippen LogP contribution in [0, 0.1) is 0 Å². The molecule has 90 valence electrons. The quantitative estimate of drug-likeness (QED) is 0.906. The maximum absolute atomic E-state index is 11.5. The summed E-state index contributed by atoms with van der Waals surface area (Å²) in [4.78, 5) is 11.5. The highest BCUT2D eigenvalue weighted by atomic mass is 35.5. The van der Waals surface area contributed by atoms with Gasteiger partial charge in [0.15, 0.2) is 0 Å². The Hall–Kier alpha value is -1.55. The van der Waals surface area contributed by atoms with E-state index in [1.165, 1.54) is 0 Å². The molecule has 4 nitrogen and oxygen atoms in total. The predicted molar refractivity (Wildman–Crippen MR) is 67.4 cm³/mol. The van der Waals surface area contributed by atoms with Gasteiger partial charge in [-0.1, -0.05) is 30.7 Å². The average molecular weight is 252 g/mol. The van der Waals surface area contributed by atoms with Crippen LogP contribution in [0.15, 0.2) is 29.1 Å². The molecule has 0 aliphatic carbocycles. The normalized spacial score (nSPS) is 10.7. The number of H-pyrrole nitrogens is 1. The number of hydrogen-bond acceptors (Lipinski definition) is 2. The molecule has 0 radical (unpaired) electrons. The molecule has 2 aromatic rings. The van der Waals surface area contributed by atoms with Gasteiger partial charge in [0.05, 0.1) is 0 Å². The van der Waals surface area contributed by atoms with Crippen LogP contribution in [0.5, 0.6) is 0 Å². The topological polar surface area (TPSA) is 50.7 Å². The van der Waals surface area contributed by atoms with E-state index in [0.29, 0.717) is 18.0 Å². The lowest BCUT2D eigenvalue weighted by molar-refractivity contribution is 0.628. The van der Waals surface area contributed by atoms with Gasteiger partial charge >= 0.3 is 5.69 Å². The third kappa shape index (κ3) is 2.77. The van der Waals surface area contributed by atoms with Crippen molar-refractivity contribution >= 4 is 11.6 Å². The number of halogens is 1.